The summed E-state index contributed by atoms with van der Waals surface area (Å²) in [5.74, 6) is -2.03. The van der Waals surface area contributed by atoms with Crippen LogP contribution in [0.15, 0.2) is 23.1 Å². The number of hydrogen-bond donors (Lipinski definition) is 2. The van der Waals surface area contributed by atoms with E-state index in [0.29, 0.717) is 0 Å². The van der Waals surface area contributed by atoms with E-state index in [1.54, 1.807) is 13.8 Å². The molecular weight excluding hydrogens is 323 g/mol. The van der Waals surface area contributed by atoms with Gasteiger partial charge in [0.1, 0.15) is 11.4 Å². The highest BCUT2D eigenvalue weighted by Gasteiger charge is 2.30. The molecule has 0 fully saturated rings. The third-order valence-electron chi connectivity index (χ3n) is 2.58. The zero-order valence-electron chi connectivity index (χ0n) is 11.8. The largest absolute Gasteiger partial charge is 0.465 e. The van der Waals surface area contributed by atoms with Crippen LogP contribution in [0.5, 0.6) is 0 Å². The van der Waals surface area contributed by atoms with E-state index in [9.17, 15) is 17.6 Å². The van der Waals surface area contributed by atoms with Crippen LogP contribution >= 0.6 is 12.4 Å². The Morgan fingerprint density at radius 1 is 1.43 bits per heavy atom. The maximum atomic E-state index is 13.7. The van der Waals surface area contributed by atoms with Gasteiger partial charge in [-0.05, 0) is 26.0 Å². The van der Waals surface area contributed by atoms with Crippen LogP contribution in [0.3, 0.4) is 0 Å². The first-order chi connectivity index (χ1) is 9.14. The molecule has 0 atom stereocenters. The van der Waals surface area contributed by atoms with Crippen molar-refractivity contribution in [1.29, 1.82) is 0 Å². The number of methoxy groups -OCH3 is 1. The van der Waals surface area contributed by atoms with Gasteiger partial charge in [0.15, 0.2) is 0 Å². The summed E-state index contributed by atoms with van der Waals surface area (Å²) in [7, 11) is -3.07. The van der Waals surface area contributed by atoms with Gasteiger partial charge in [0.25, 0.3) is 0 Å². The van der Waals surface area contributed by atoms with Gasteiger partial charge in [-0.2, -0.15) is 0 Å². The van der Waals surface area contributed by atoms with Crippen LogP contribution in [0.2, 0.25) is 0 Å². The summed E-state index contributed by atoms with van der Waals surface area (Å²) in [5.41, 5.74) is 3.89. The lowest BCUT2D eigenvalue weighted by atomic mass is 10.1. The molecular formula is C12H18ClFN2O4S. The number of rotatable bonds is 5. The summed E-state index contributed by atoms with van der Waals surface area (Å²) in [6, 6.07) is 3.31. The molecule has 0 heterocycles. The minimum Gasteiger partial charge on any atom is -0.465 e. The predicted octanol–water partition coefficient (Wildman–Crippen LogP) is 1.05. The average Bonchev–Trinajstić information content (AvgIpc) is 2.36. The van der Waals surface area contributed by atoms with E-state index in [-0.39, 0.29) is 19.0 Å². The standard InChI is InChI=1S/C12H17FN2O4S.ClH/c1-12(2,7-14)15-20(17,18)9-6-4-5-8(13)10(9)11(16)19-3;/h4-6,15H,7,14H2,1-3H3;1H. The van der Waals surface area contributed by atoms with Crippen LogP contribution in [-0.2, 0) is 14.8 Å². The SMILES string of the molecule is COC(=O)c1c(F)cccc1S(=O)(=O)NC(C)(C)CN.Cl. The second kappa shape index (κ2) is 7.17. The lowest BCUT2D eigenvalue weighted by Gasteiger charge is -2.24. The van der Waals surface area contributed by atoms with Gasteiger partial charge in [0, 0.05) is 12.1 Å². The molecule has 1 aromatic rings. The molecule has 6 nitrogen and oxygen atoms in total. The highest BCUT2D eigenvalue weighted by molar-refractivity contribution is 7.89. The van der Waals surface area contributed by atoms with Crippen LogP contribution in [0.1, 0.15) is 24.2 Å². The Balaban J connectivity index is 0.00000400. The summed E-state index contributed by atoms with van der Waals surface area (Å²) in [4.78, 5) is 11.1. The van der Waals surface area contributed by atoms with Gasteiger partial charge in [0.2, 0.25) is 10.0 Å². The molecule has 0 aliphatic rings. The van der Waals surface area contributed by atoms with Crippen LogP contribution in [0.25, 0.3) is 0 Å². The molecule has 0 saturated carbocycles. The van der Waals surface area contributed by atoms with Crippen molar-refractivity contribution in [2.24, 2.45) is 5.73 Å². The van der Waals surface area contributed by atoms with E-state index < -0.39 is 37.8 Å². The molecule has 0 spiro atoms. The molecule has 0 unspecified atom stereocenters. The fourth-order valence-corrected chi connectivity index (χ4v) is 3.12. The number of nitrogens with one attached hydrogen (secondary N) is 1. The molecule has 0 aromatic heterocycles. The molecule has 0 aliphatic carbocycles. The minimum atomic E-state index is -4.11. The molecule has 120 valence electrons. The Labute approximate surface area is 129 Å². The van der Waals surface area contributed by atoms with Crippen molar-refractivity contribution in [3.63, 3.8) is 0 Å². The molecule has 1 rings (SSSR count). The van der Waals surface area contributed by atoms with Crippen molar-refractivity contribution in [2.75, 3.05) is 13.7 Å². The lowest BCUT2D eigenvalue weighted by Crippen LogP contribution is -2.49. The number of sulfonamides is 1. The van der Waals surface area contributed by atoms with Gasteiger partial charge in [-0.25, -0.2) is 22.3 Å². The molecule has 3 N–H and O–H groups in total. The first kappa shape index (κ1) is 19.8. The number of halogens is 2. The van der Waals surface area contributed by atoms with E-state index in [0.717, 1.165) is 19.2 Å². The fraction of sp³-hybridized carbons (Fsp3) is 0.417. The zero-order chi connectivity index (χ0) is 15.6. The Morgan fingerprint density at radius 2 is 2.00 bits per heavy atom. The quantitative estimate of drug-likeness (QED) is 0.781. The zero-order valence-corrected chi connectivity index (χ0v) is 13.5. The number of benzene rings is 1. The number of esters is 1. The monoisotopic (exact) mass is 340 g/mol. The molecule has 0 bridgehead atoms. The number of hydrogen-bond acceptors (Lipinski definition) is 5. The van der Waals surface area contributed by atoms with E-state index in [2.05, 4.69) is 9.46 Å². The summed E-state index contributed by atoms with van der Waals surface area (Å²) in [6.07, 6.45) is 0. The first-order valence-electron chi connectivity index (χ1n) is 5.75. The Hall–Kier alpha value is -1.22. The number of carbonyl (C=O) groups excluding carboxylic acids is 1. The average molecular weight is 341 g/mol. The third-order valence-corrected chi connectivity index (χ3v) is 4.32. The number of nitrogens with two attached hydrogens (primary N) is 1. The smallest absolute Gasteiger partial charge is 0.342 e. The number of carbonyl (C=O) groups is 1. The van der Waals surface area contributed by atoms with Gasteiger partial charge in [-0.3, -0.25) is 0 Å². The minimum absolute atomic E-state index is 0. The second-order valence-corrected chi connectivity index (χ2v) is 6.45. The molecule has 0 saturated heterocycles. The third kappa shape index (κ3) is 4.63. The van der Waals surface area contributed by atoms with Crippen LogP contribution in [-0.4, -0.2) is 33.6 Å². The highest BCUT2D eigenvalue weighted by atomic mass is 35.5. The van der Waals surface area contributed by atoms with Crippen LogP contribution in [0.4, 0.5) is 4.39 Å². The van der Waals surface area contributed by atoms with Crippen molar-refractivity contribution in [1.82, 2.24) is 4.72 Å². The summed E-state index contributed by atoms with van der Waals surface area (Å²) < 4.78 is 45.0. The maximum absolute atomic E-state index is 13.7. The topological polar surface area (TPSA) is 98.5 Å². The van der Waals surface area contributed by atoms with E-state index in [1.165, 1.54) is 6.07 Å². The fourth-order valence-electron chi connectivity index (χ4n) is 1.49. The predicted molar refractivity (Wildman–Crippen MR) is 78.4 cm³/mol. The van der Waals surface area contributed by atoms with Crippen LogP contribution in [0, 0.1) is 5.82 Å². The molecule has 0 aliphatic heterocycles. The first-order valence-corrected chi connectivity index (χ1v) is 7.24. The molecule has 21 heavy (non-hydrogen) atoms. The Kier molecular flexibility index (Phi) is 6.75. The van der Waals surface area contributed by atoms with E-state index >= 15 is 0 Å². The van der Waals surface area contributed by atoms with Crippen molar-refractivity contribution >= 4 is 28.4 Å². The van der Waals surface area contributed by atoms with Crippen molar-refractivity contribution in [3.05, 3.63) is 29.6 Å². The normalized spacial score (nSPS) is 11.7. The van der Waals surface area contributed by atoms with Gasteiger partial charge in [-0.1, -0.05) is 6.07 Å². The van der Waals surface area contributed by atoms with Gasteiger partial charge in [-0.15, -0.1) is 12.4 Å². The van der Waals surface area contributed by atoms with Gasteiger partial charge >= 0.3 is 5.97 Å². The summed E-state index contributed by atoms with van der Waals surface area (Å²) in [5, 5.41) is 0. The van der Waals surface area contributed by atoms with E-state index in [1.807, 2.05) is 0 Å². The van der Waals surface area contributed by atoms with Gasteiger partial charge in [0.05, 0.1) is 12.0 Å². The van der Waals surface area contributed by atoms with Crippen molar-refractivity contribution in [2.45, 2.75) is 24.3 Å². The lowest BCUT2D eigenvalue weighted by molar-refractivity contribution is 0.0590. The van der Waals surface area contributed by atoms with Crippen molar-refractivity contribution < 1.29 is 22.3 Å². The summed E-state index contributed by atoms with van der Waals surface area (Å²) >= 11 is 0. The number of ether oxygens (including phenoxy) is 1. The highest BCUT2D eigenvalue weighted by Crippen LogP contribution is 2.21. The Bertz CT molecular complexity index is 620. The maximum Gasteiger partial charge on any atom is 0.342 e. The van der Waals surface area contributed by atoms with Crippen molar-refractivity contribution in [3.8, 4) is 0 Å². The van der Waals surface area contributed by atoms with E-state index in [4.69, 9.17) is 5.73 Å². The van der Waals surface area contributed by atoms with Gasteiger partial charge < -0.3 is 10.5 Å². The second-order valence-electron chi connectivity index (χ2n) is 4.80. The molecule has 9 heteroatoms. The molecule has 0 amide bonds. The molecule has 1 aromatic carbocycles. The Morgan fingerprint density at radius 3 is 2.48 bits per heavy atom. The summed E-state index contributed by atoms with van der Waals surface area (Å²) in [6.45, 7) is 3.18. The molecule has 0 radical (unpaired) electrons. The van der Waals surface area contributed by atoms with Crippen LogP contribution < -0.4 is 10.5 Å².